The topological polar surface area (TPSA) is 220 Å². The number of ether oxygens (including phenoxy) is 4. The fourth-order valence-electron chi connectivity index (χ4n) is 5.07. The van der Waals surface area contributed by atoms with E-state index < -0.39 is 53.9 Å². The molecular formula is C40H58BaO14S2. The SMILES string of the molecule is CCCCCCOC(=O)c1cc(C(=O)OCCCCCC)cc(S(=O)(=O)[O-])c1.CCCCCCOC(=O)c1cc(C(=O)OCCCCCC)cc(S(=O)(=O)[O-])c1.[Ba+2]. The van der Waals surface area contributed by atoms with Crippen LogP contribution in [0.25, 0.3) is 0 Å². The van der Waals surface area contributed by atoms with Gasteiger partial charge in [0.15, 0.2) is 0 Å². The predicted octanol–water partition coefficient (Wildman–Crippen LogP) is 7.75. The maximum atomic E-state index is 12.2. The Morgan fingerprint density at radius 3 is 0.789 bits per heavy atom. The monoisotopic (exact) mass is 964 g/mol. The number of hydrogen-bond donors (Lipinski definition) is 0. The molecule has 0 aliphatic rings. The van der Waals surface area contributed by atoms with E-state index in [1.54, 1.807) is 0 Å². The minimum atomic E-state index is -4.85. The summed E-state index contributed by atoms with van der Waals surface area (Å²) < 4.78 is 88.8. The Balaban J connectivity index is 0.00000108. The fourth-order valence-corrected chi connectivity index (χ4v) is 6.15. The molecule has 0 unspecified atom stereocenters. The van der Waals surface area contributed by atoms with Crippen LogP contribution in [0.4, 0.5) is 0 Å². The van der Waals surface area contributed by atoms with Crippen molar-refractivity contribution in [2.45, 2.75) is 140 Å². The largest absolute Gasteiger partial charge is 2.00 e. The van der Waals surface area contributed by atoms with E-state index in [9.17, 15) is 45.1 Å². The average Bonchev–Trinajstić information content (AvgIpc) is 3.16. The summed E-state index contributed by atoms with van der Waals surface area (Å²) in [6, 6.07) is 6.09. The van der Waals surface area contributed by atoms with Crippen molar-refractivity contribution in [1.82, 2.24) is 0 Å². The third-order valence-electron chi connectivity index (χ3n) is 8.26. The summed E-state index contributed by atoms with van der Waals surface area (Å²) in [5, 5.41) is 0. The molecular weight excluding hydrogens is 906 g/mol. The van der Waals surface area contributed by atoms with Crippen LogP contribution in [0.3, 0.4) is 0 Å². The molecule has 0 aromatic heterocycles. The van der Waals surface area contributed by atoms with Gasteiger partial charge in [0.2, 0.25) is 0 Å². The first-order valence-corrected chi connectivity index (χ1v) is 22.3. The van der Waals surface area contributed by atoms with Crippen LogP contribution in [-0.4, -0.2) is 125 Å². The zero-order valence-corrected chi connectivity index (χ0v) is 39.9. The molecule has 0 N–H and O–H groups in total. The molecule has 0 saturated carbocycles. The van der Waals surface area contributed by atoms with Gasteiger partial charge in [-0.2, -0.15) is 0 Å². The molecule has 0 spiro atoms. The smallest absolute Gasteiger partial charge is 0.744 e. The van der Waals surface area contributed by atoms with E-state index in [1.165, 1.54) is 12.1 Å². The molecule has 316 valence electrons. The first kappa shape index (κ1) is 54.7. The van der Waals surface area contributed by atoms with Crippen molar-refractivity contribution in [3.05, 3.63) is 58.7 Å². The van der Waals surface area contributed by atoms with E-state index in [0.717, 1.165) is 101 Å². The van der Waals surface area contributed by atoms with Crippen molar-refractivity contribution in [1.29, 1.82) is 0 Å². The second kappa shape index (κ2) is 30.7. The van der Waals surface area contributed by atoms with Gasteiger partial charge >= 0.3 is 72.8 Å². The second-order valence-electron chi connectivity index (χ2n) is 13.2. The summed E-state index contributed by atoms with van der Waals surface area (Å²) in [5.41, 5.74) is -0.647. The summed E-state index contributed by atoms with van der Waals surface area (Å²) in [7, 11) is -9.69. The second-order valence-corrected chi connectivity index (χ2v) is 15.9. The maximum absolute atomic E-state index is 12.2. The van der Waals surface area contributed by atoms with E-state index in [4.69, 9.17) is 18.9 Å². The predicted molar refractivity (Wildman–Crippen MR) is 212 cm³/mol. The van der Waals surface area contributed by atoms with Crippen molar-refractivity contribution in [3.63, 3.8) is 0 Å². The van der Waals surface area contributed by atoms with Gasteiger partial charge < -0.3 is 28.1 Å². The molecule has 2 aromatic carbocycles. The molecule has 0 radical (unpaired) electrons. The van der Waals surface area contributed by atoms with Gasteiger partial charge in [0.05, 0.1) is 58.5 Å². The summed E-state index contributed by atoms with van der Waals surface area (Å²) in [6.07, 6.45) is 14.7. The molecule has 0 saturated heterocycles. The molecule has 57 heavy (non-hydrogen) atoms. The van der Waals surface area contributed by atoms with E-state index in [0.29, 0.717) is 25.7 Å². The molecule has 2 aromatic rings. The van der Waals surface area contributed by atoms with E-state index in [2.05, 4.69) is 27.7 Å². The minimum Gasteiger partial charge on any atom is -0.744 e. The molecule has 0 heterocycles. The Bertz CT molecular complexity index is 1530. The number of esters is 4. The maximum Gasteiger partial charge on any atom is 2.00 e. The quantitative estimate of drug-likeness (QED) is 0.0289. The molecule has 2 rings (SSSR count). The van der Waals surface area contributed by atoms with E-state index >= 15 is 0 Å². The van der Waals surface area contributed by atoms with Crippen molar-refractivity contribution >= 4 is 93.0 Å². The van der Waals surface area contributed by atoms with Gasteiger partial charge in [-0.25, -0.2) is 36.0 Å². The molecule has 0 atom stereocenters. The average molecular weight is 964 g/mol. The standard InChI is InChI=1S/2C20H30O7S.Ba/c2*1-3-5-7-9-11-26-19(21)16-13-17(15-18(14-16)28(23,24)25)20(22)27-12-10-8-6-4-2;/h2*13-15H,3-12H2,1-2H3,(H,23,24,25);/q;;+2/p-2. The molecule has 14 nitrogen and oxygen atoms in total. The number of rotatable bonds is 26. The molecule has 0 bridgehead atoms. The number of carbonyl (C=O) groups excluding carboxylic acids is 4. The summed E-state index contributed by atoms with van der Waals surface area (Å²) in [6.45, 7) is 8.98. The normalized spacial score (nSPS) is 11.1. The summed E-state index contributed by atoms with van der Waals surface area (Å²) in [5.74, 6) is -3.11. The van der Waals surface area contributed by atoms with Crippen LogP contribution in [0.5, 0.6) is 0 Å². The Morgan fingerprint density at radius 1 is 0.404 bits per heavy atom. The van der Waals surface area contributed by atoms with Crippen LogP contribution in [0.15, 0.2) is 46.2 Å². The van der Waals surface area contributed by atoms with Gasteiger partial charge in [-0.15, -0.1) is 0 Å². The van der Waals surface area contributed by atoms with Gasteiger partial charge in [0, 0.05) is 0 Å². The fraction of sp³-hybridized carbons (Fsp3) is 0.600. The summed E-state index contributed by atoms with van der Waals surface area (Å²) >= 11 is 0. The van der Waals surface area contributed by atoms with E-state index in [1.807, 2.05) is 0 Å². The number of hydrogen-bond acceptors (Lipinski definition) is 14. The first-order chi connectivity index (χ1) is 26.6. The molecule has 17 heteroatoms. The zero-order valence-electron chi connectivity index (χ0n) is 33.8. The number of carbonyl (C=O) groups is 4. The van der Waals surface area contributed by atoms with Crippen LogP contribution >= 0.6 is 0 Å². The van der Waals surface area contributed by atoms with Crippen LogP contribution in [0.2, 0.25) is 0 Å². The molecule has 0 fully saturated rings. The Kier molecular flexibility index (Phi) is 29.5. The Labute approximate surface area is 379 Å². The van der Waals surface area contributed by atoms with Crippen LogP contribution in [0.1, 0.15) is 172 Å². The minimum absolute atomic E-state index is 0. The van der Waals surface area contributed by atoms with Gasteiger partial charge in [-0.1, -0.05) is 105 Å². The Morgan fingerprint density at radius 2 is 0.614 bits per heavy atom. The van der Waals surface area contributed by atoms with Crippen molar-refractivity contribution in [2.75, 3.05) is 26.4 Å². The van der Waals surface area contributed by atoms with Crippen molar-refractivity contribution in [2.24, 2.45) is 0 Å². The molecule has 0 aliphatic carbocycles. The zero-order chi connectivity index (χ0) is 42.0. The van der Waals surface area contributed by atoms with Gasteiger partial charge in [-0.05, 0) is 62.1 Å². The third kappa shape index (κ3) is 23.8. The van der Waals surface area contributed by atoms with Crippen molar-refractivity contribution in [3.8, 4) is 0 Å². The number of unbranched alkanes of at least 4 members (excludes halogenated alkanes) is 12. The first-order valence-electron chi connectivity index (χ1n) is 19.5. The van der Waals surface area contributed by atoms with Crippen molar-refractivity contribution < 1.29 is 64.1 Å². The van der Waals surface area contributed by atoms with Gasteiger partial charge in [0.25, 0.3) is 0 Å². The molecule has 0 amide bonds. The van der Waals surface area contributed by atoms with Gasteiger partial charge in [0.1, 0.15) is 20.2 Å². The number of benzene rings is 2. The third-order valence-corrected chi connectivity index (χ3v) is 9.88. The van der Waals surface area contributed by atoms with Gasteiger partial charge in [-0.3, -0.25) is 0 Å². The molecule has 0 aliphatic heterocycles. The van der Waals surface area contributed by atoms with Crippen LogP contribution < -0.4 is 0 Å². The summed E-state index contributed by atoms with van der Waals surface area (Å²) in [4.78, 5) is 47.4. The Hall–Kier alpha value is -2.29. The van der Waals surface area contributed by atoms with Crippen LogP contribution in [0, 0.1) is 0 Å². The van der Waals surface area contributed by atoms with Crippen LogP contribution in [-0.2, 0) is 39.2 Å². The van der Waals surface area contributed by atoms with E-state index in [-0.39, 0.29) is 97.6 Å².